The van der Waals surface area contributed by atoms with Gasteiger partial charge in [-0.05, 0) is 0 Å². The van der Waals surface area contributed by atoms with E-state index in [9.17, 15) is 46.4 Å². The van der Waals surface area contributed by atoms with Crippen LogP contribution in [0.25, 0.3) is 0 Å². The molecule has 1 fully saturated rings. The van der Waals surface area contributed by atoms with Gasteiger partial charge < -0.3 is 29.5 Å². The molecule has 16 heteroatoms. The van der Waals surface area contributed by atoms with Crippen LogP contribution in [0.5, 0.6) is 0 Å². The van der Waals surface area contributed by atoms with Crippen LogP contribution in [0.4, 0.5) is 0 Å². The standard InChI is InChI=1S/C4H10N2O10S2.2K/c7-1-2(8)6(18(14,15)16)4(10)3(9)5(1)17(11,12)13;;/h1-4,7-10H,(H,11,12,13)(H,14,15,16);;/q;2*+1/p-2. The number of hydrogen-bond donors (Lipinski definition) is 4. The molecule has 20 heavy (non-hydrogen) atoms. The molecule has 1 aliphatic rings. The fourth-order valence-electron chi connectivity index (χ4n) is 1.37. The third-order valence-corrected chi connectivity index (χ3v) is 3.99. The monoisotopic (exact) mass is 386 g/mol. The Morgan fingerprint density at radius 3 is 0.900 bits per heavy atom. The van der Waals surface area contributed by atoms with E-state index in [2.05, 4.69) is 0 Å². The molecule has 1 rings (SSSR count). The molecule has 0 aromatic carbocycles. The van der Waals surface area contributed by atoms with Gasteiger partial charge in [0.15, 0.2) is 45.5 Å². The molecule has 1 heterocycles. The average Bonchev–Trinajstić information content (AvgIpc) is 2.10. The van der Waals surface area contributed by atoms with Crippen LogP contribution in [0.3, 0.4) is 0 Å². The number of piperazine rings is 1. The van der Waals surface area contributed by atoms with Crippen LogP contribution in [0.2, 0.25) is 0 Å². The summed E-state index contributed by atoms with van der Waals surface area (Å²) in [6, 6.07) is 0. The molecule has 0 aromatic heterocycles. The molecule has 4 N–H and O–H groups in total. The van der Waals surface area contributed by atoms with Gasteiger partial charge in [-0.3, -0.25) is 0 Å². The molecule has 1 saturated heterocycles. The molecular weight excluding hydrogens is 378 g/mol. The van der Waals surface area contributed by atoms with Crippen LogP contribution in [-0.4, -0.2) is 79.9 Å². The number of nitrogens with zero attached hydrogens (tertiary/aromatic N) is 2. The van der Waals surface area contributed by atoms with Gasteiger partial charge in [0, 0.05) is 0 Å². The van der Waals surface area contributed by atoms with E-state index in [0.717, 1.165) is 0 Å². The summed E-state index contributed by atoms with van der Waals surface area (Å²) in [6.07, 6.45) is -11.0. The summed E-state index contributed by atoms with van der Waals surface area (Å²) in [6.45, 7) is 0. The van der Waals surface area contributed by atoms with Crippen molar-refractivity contribution in [3.8, 4) is 0 Å². The Labute approximate surface area is 199 Å². The first-order valence-corrected chi connectivity index (χ1v) is 6.83. The molecule has 4 atom stereocenters. The molecule has 12 nitrogen and oxygen atoms in total. The van der Waals surface area contributed by atoms with E-state index in [4.69, 9.17) is 0 Å². The minimum Gasteiger partial charge on any atom is -0.735 e. The van der Waals surface area contributed by atoms with Gasteiger partial charge in [-0.15, -0.1) is 8.61 Å². The van der Waals surface area contributed by atoms with Crippen molar-refractivity contribution in [1.82, 2.24) is 8.61 Å². The first kappa shape index (κ1) is 25.1. The zero-order valence-corrected chi connectivity index (χ0v) is 18.1. The quantitative estimate of drug-likeness (QED) is 0.260. The van der Waals surface area contributed by atoms with Gasteiger partial charge in [0.25, 0.3) is 0 Å². The Morgan fingerprint density at radius 1 is 0.650 bits per heavy atom. The van der Waals surface area contributed by atoms with Gasteiger partial charge in [0.1, 0.15) is 0 Å². The fraction of sp³-hybridized carbons (Fsp3) is 1.00. The number of aliphatic hydroxyl groups excluding tert-OH is 4. The SMILES string of the molecule is O=S(=O)([O-])N1C(O)C(O)N(S(=O)(=O)[O-])C(O)C1O.[K+].[K+]. The van der Waals surface area contributed by atoms with E-state index < -0.39 is 54.1 Å². The second-order valence-electron chi connectivity index (χ2n) is 3.23. The first-order chi connectivity index (χ1) is 7.89. The zero-order chi connectivity index (χ0) is 14.5. The molecule has 1 aliphatic heterocycles. The van der Waals surface area contributed by atoms with E-state index in [-0.39, 0.29) is 103 Å². The van der Waals surface area contributed by atoms with Crippen molar-refractivity contribution in [2.45, 2.75) is 24.9 Å². The predicted molar refractivity (Wildman–Crippen MR) is 47.1 cm³/mol. The van der Waals surface area contributed by atoms with Gasteiger partial charge in [-0.25, -0.2) is 16.8 Å². The topological polar surface area (TPSA) is 202 Å². The van der Waals surface area contributed by atoms with Crippen molar-refractivity contribution in [3.05, 3.63) is 0 Å². The van der Waals surface area contributed by atoms with Crippen molar-refractivity contribution in [1.29, 1.82) is 0 Å². The van der Waals surface area contributed by atoms with Gasteiger partial charge >= 0.3 is 103 Å². The second kappa shape index (κ2) is 8.80. The molecule has 0 saturated carbocycles. The van der Waals surface area contributed by atoms with Gasteiger partial charge in [-0.2, -0.15) is 0 Å². The molecule has 0 spiro atoms. The maximum Gasteiger partial charge on any atom is 1.00 e. The molecule has 0 aromatic rings. The van der Waals surface area contributed by atoms with Gasteiger partial charge in [-0.1, -0.05) is 0 Å². The summed E-state index contributed by atoms with van der Waals surface area (Å²) >= 11 is 0. The van der Waals surface area contributed by atoms with Crippen molar-refractivity contribution in [2.75, 3.05) is 0 Å². The molecule has 0 aliphatic carbocycles. The number of hydrogen-bond acceptors (Lipinski definition) is 10. The molecular formula is C4H8K2N2O10S2. The normalized spacial score (nSPS) is 33.1. The van der Waals surface area contributed by atoms with Crippen molar-refractivity contribution >= 4 is 20.6 Å². The average molecular weight is 386 g/mol. The Hall–Kier alpha value is 2.85. The molecule has 0 bridgehead atoms. The molecule has 108 valence electrons. The summed E-state index contributed by atoms with van der Waals surface area (Å²) in [4.78, 5) is 0. The van der Waals surface area contributed by atoms with Gasteiger partial charge in [0.05, 0.1) is 0 Å². The molecule has 4 unspecified atom stereocenters. The van der Waals surface area contributed by atoms with Crippen LogP contribution < -0.4 is 103 Å². The minimum absolute atomic E-state index is 0. The predicted octanol–water partition coefficient (Wildman–Crippen LogP) is -11.2. The minimum atomic E-state index is -5.52. The third-order valence-electron chi connectivity index (χ3n) is 2.09. The van der Waals surface area contributed by atoms with Crippen molar-refractivity contribution < 1.29 is 149 Å². The number of aliphatic hydroxyl groups is 4. The number of rotatable bonds is 2. The van der Waals surface area contributed by atoms with Crippen LogP contribution in [0.15, 0.2) is 0 Å². The Kier molecular flexibility index (Phi) is 11.0. The summed E-state index contributed by atoms with van der Waals surface area (Å²) in [5, 5.41) is 36.7. The maximum absolute atomic E-state index is 10.6. The summed E-state index contributed by atoms with van der Waals surface area (Å²) in [5.74, 6) is 0. The summed E-state index contributed by atoms with van der Waals surface area (Å²) in [5.41, 5.74) is 0. The van der Waals surface area contributed by atoms with Crippen LogP contribution in [-0.2, 0) is 20.6 Å². The molecule has 0 radical (unpaired) electrons. The van der Waals surface area contributed by atoms with E-state index in [1.165, 1.54) is 0 Å². The first-order valence-electron chi connectivity index (χ1n) is 4.10. The van der Waals surface area contributed by atoms with E-state index in [1.54, 1.807) is 0 Å². The zero-order valence-electron chi connectivity index (χ0n) is 10.3. The third kappa shape index (κ3) is 5.44. The Balaban J connectivity index is 0. The van der Waals surface area contributed by atoms with Crippen LogP contribution in [0, 0.1) is 0 Å². The Morgan fingerprint density at radius 2 is 0.800 bits per heavy atom. The van der Waals surface area contributed by atoms with Crippen LogP contribution in [0.1, 0.15) is 0 Å². The smallest absolute Gasteiger partial charge is 0.735 e. The fourth-order valence-corrected chi connectivity index (χ4v) is 2.86. The summed E-state index contributed by atoms with van der Waals surface area (Å²) < 4.78 is 62.5. The van der Waals surface area contributed by atoms with E-state index in [1.807, 2.05) is 0 Å². The van der Waals surface area contributed by atoms with Crippen LogP contribution >= 0.6 is 0 Å². The largest absolute Gasteiger partial charge is 1.00 e. The maximum atomic E-state index is 10.6. The van der Waals surface area contributed by atoms with E-state index >= 15 is 0 Å². The van der Waals surface area contributed by atoms with Crippen molar-refractivity contribution in [3.63, 3.8) is 0 Å². The Bertz CT molecular complexity index is 459. The van der Waals surface area contributed by atoms with Gasteiger partial charge in [0.2, 0.25) is 0 Å². The van der Waals surface area contributed by atoms with Crippen molar-refractivity contribution in [2.24, 2.45) is 0 Å². The second-order valence-corrected chi connectivity index (χ2v) is 5.78. The summed E-state index contributed by atoms with van der Waals surface area (Å²) in [7, 11) is -11.0. The van der Waals surface area contributed by atoms with E-state index in [0.29, 0.717) is 0 Å². The molecule has 0 amide bonds.